The largest absolute Gasteiger partial charge is 0.228 e. The standard InChI is InChI=1S/C7H10O2S/c1-3-7(5-4-6-7)10(2,8)9/h1H,4-6H2,2H3. The molecule has 0 N–H and O–H groups in total. The summed E-state index contributed by atoms with van der Waals surface area (Å²) < 4.78 is 21.2. The van der Waals surface area contributed by atoms with Crippen LogP contribution in [0.4, 0.5) is 0 Å². The van der Waals surface area contributed by atoms with Crippen molar-refractivity contribution in [1.29, 1.82) is 0 Å². The summed E-state index contributed by atoms with van der Waals surface area (Å²) in [5.74, 6) is 2.37. The fourth-order valence-corrected chi connectivity index (χ4v) is 2.36. The molecule has 0 spiro atoms. The first-order valence-electron chi connectivity index (χ1n) is 3.19. The van der Waals surface area contributed by atoms with E-state index in [1.54, 1.807) is 0 Å². The maximum Gasteiger partial charge on any atom is 0.164 e. The van der Waals surface area contributed by atoms with Gasteiger partial charge in [0.2, 0.25) is 0 Å². The lowest BCUT2D eigenvalue weighted by Crippen LogP contribution is -2.42. The molecule has 1 aliphatic carbocycles. The minimum absolute atomic E-state index is 0.641. The molecule has 0 radical (unpaired) electrons. The van der Waals surface area contributed by atoms with E-state index >= 15 is 0 Å². The number of rotatable bonds is 1. The van der Waals surface area contributed by atoms with Gasteiger partial charge in [-0.3, -0.25) is 0 Å². The topological polar surface area (TPSA) is 34.1 Å². The molecule has 0 aromatic heterocycles. The normalized spacial score (nSPS) is 22.8. The Bertz CT molecular complexity index is 264. The average molecular weight is 158 g/mol. The van der Waals surface area contributed by atoms with Gasteiger partial charge in [-0.2, -0.15) is 0 Å². The second kappa shape index (κ2) is 2.00. The van der Waals surface area contributed by atoms with Crippen molar-refractivity contribution in [3.63, 3.8) is 0 Å². The highest BCUT2D eigenvalue weighted by Gasteiger charge is 2.44. The van der Waals surface area contributed by atoms with E-state index in [0.717, 1.165) is 6.42 Å². The maximum absolute atomic E-state index is 11.0. The van der Waals surface area contributed by atoms with Gasteiger partial charge in [0.05, 0.1) is 0 Å². The number of terminal acetylenes is 1. The molecule has 1 aliphatic rings. The Morgan fingerprint density at radius 2 is 2.00 bits per heavy atom. The molecule has 0 atom stereocenters. The summed E-state index contributed by atoms with van der Waals surface area (Å²) in [6.45, 7) is 0. The smallest absolute Gasteiger partial charge is 0.164 e. The van der Waals surface area contributed by atoms with Crippen molar-refractivity contribution in [2.75, 3.05) is 6.26 Å². The van der Waals surface area contributed by atoms with Crippen molar-refractivity contribution in [3.8, 4) is 12.3 Å². The summed E-state index contributed by atoms with van der Waals surface area (Å²) in [7, 11) is -3.01. The highest BCUT2D eigenvalue weighted by Crippen LogP contribution is 2.37. The van der Waals surface area contributed by atoms with Crippen molar-refractivity contribution in [3.05, 3.63) is 0 Å². The number of hydrogen-bond donors (Lipinski definition) is 0. The van der Waals surface area contributed by atoms with Crippen LogP contribution in [0.1, 0.15) is 19.3 Å². The lowest BCUT2D eigenvalue weighted by atomic mass is 9.85. The third-order valence-corrected chi connectivity index (χ3v) is 4.08. The average Bonchev–Trinajstić information content (AvgIpc) is 1.58. The van der Waals surface area contributed by atoms with Crippen LogP contribution in [-0.4, -0.2) is 19.4 Å². The van der Waals surface area contributed by atoms with E-state index in [9.17, 15) is 8.42 Å². The molecule has 2 nitrogen and oxygen atoms in total. The lowest BCUT2D eigenvalue weighted by Gasteiger charge is -2.34. The Kier molecular flexibility index (Phi) is 1.52. The summed E-state index contributed by atoms with van der Waals surface area (Å²) in [5.41, 5.74) is 0. The molecule has 0 aromatic carbocycles. The van der Waals surface area contributed by atoms with Crippen LogP contribution in [0.3, 0.4) is 0 Å². The summed E-state index contributed by atoms with van der Waals surface area (Å²) in [6.07, 6.45) is 8.56. The van der Waals surface area contributed by atoms with Crippen molar-refractivity contribution in [2.45, 2.75) is 24.0 Å². The lowest BCUT2D eigenvalue weighted by molar-refractivity contribution is 0.412. The van der Waals surface area contributed by atoms with Crippen LogP contribution in [-0.2, 0) is 9.84 Å². The first kappa shape index (κ1) is 7.62. The predicted molar refractivity (Wildman–Crippen MR) is 40.3 cm³/mol. The molecule has 0 amide bonds. The second-order valence-corrected chi connectivity index (χ2v) is 5.09. The van der Waals surface area contributed by atoms with Gasteiger partial charge < -0.3 is 0 Å². The molecule has 0 saturated heterocycles. The van der Waals surface area contributed by atoms with Gasteiger partial charge in [-0.1, -0.05) is 5.92 Å². The zero-order valence-electron chi connectivity index (χ0n) is 5.92. The second-order valence-electron chi connectivity index (χ2n) is 2.76. The van der Waals surface area contributed by atoms with Crippen LogP contribution in [0.2, 0.25) is 0 Å². The van der Waals surface area contributed by atoms with Crippen LogP contribution in [0.25, 0.3) is 0 Å². The van der Waals surface area contributed by atoms with Gasteiger partial charge >= 0.3 is 0 Å². The van der Waals surface area contributed by atoms with Gasteiger partial charge in [-0.15, -0.1) is 6.42 Å². The SMILES string of the molecule is C#CC1(S(C)(=O)=O)CCC1. The molecule has 1 rings (SSSR count). The third kappa shape index (κ3) is 0.836. The molecule has 0 aromatic rings. The van der Waals surface area contributed by atoms with Gasteiger partial charge in [0.25, 0.3) is 0 Å². The first-order chi connectivity index (χ1) is 4.52. The van der Waals surface area contributed by atoms with Crippen molar-refractivity contribution in [2.24, 2.45) is 0 Å². The van der Waals surface area contributed by atoms with Crippen molar-refractivity contribution in [1.82, 2.24) is 0 Å². The zero-order chi connectivity index (χ0) is 7.83. The monoisotopic (exact) mass is 158 g/mol. The van der Waals surface area contributed by atoms with E-state index in [1.165, 1.54) is 6.26 Å². The summed E-state index contributed by atoms with van der Waals surface area (Å²) in [5, 5.41) is 0. The van der Waals surface area contributed by atoms with Crippen LogP contribution < -0.4 is 0 Å². The van der Waals surface area contributed by atoms with Crippen LogP contribution in [0.5, 0.6) is 0 Å². The number of hydrogen-bond acceptors (Lipinski definition) is 2. The van der Waals surface area contributed by atoms with E-state index in [4.69, 9.17) is 6.42 Å². The summed E-state index contributed by atoms with van der Waals surface area (Å²) >= 11 is 0. The Labute approximate surface area is 61.5 Å². The van der Waals surface area contributed by atoms with Gasteiger partial charge in [0.1, 0.15) is 4.75 Å². The molecule has 3 heteroatoms. The van der Waals surface area contributed by atoms with Crippen LogP contribution >= 0.6 is 0 Å². The highest BCUT2D eigenvalue weighted by molar-refractivity contribution is 7.92. The van der Waals surface area contributed by atoms with Gasteiger partial charge in [-0.05, 0) is 19.3 Å². The molecule has 1 fully saturated rings. The molecule has 56 valence electrons. The van der Waals surface area contributed by atoms with Crippen LogP contribution in [0, 0.1) is 12.3 Å². The molecule has 1 saturated carbocycles. The Morgan fingerprint density at radius 3 is 2.00 bits per heavy atom. The quantitative estimate of drug-likeness (QED) is 0.523. The predicted octanol–water partition coefficient (Wildman–Crippen LogP) is 0.587. The van der Waals surface area contributed by atoms with Gasteiger partial charge in [-0.25, -0.2) is 8.42 Å². The van der Waals surface area contributed by atoms with E-state index in [2.05, 4.69) is 5.92 Å². The van der Waals surface area contributed by atoms with Crippen molar-refractivity contribution >= 4 is 9.84 Å². The molecular formula is C7H10O2S. The minimum Gasteiger partial charge on any atom is -0.228 e. The first-order valence-corrected chi connectivity index (χ1v) is 5.08. The Balaban J connectivity index is 3.00. The van der Waals surface area contributed by atoms with E-state index < -0.39 is 14.6 Å². The summed E-state index contributed by atoms with van der Waals surface area (Å²) in [6, 6.07) is 0. The van der Waals surface area contributed by atoms with Gasteiger partial charge in [0.15, 0.2) is 9.84 Å². The zero-order valence-corrected chi connectivity index (χ0v) is 6.74. The Morgan fingerprint density at radius 1 is 1.50 bits per heavy atom. The Hall–Kier alpha value is -0.490. The molecule has 0 unspecified atom stereocenters. The van der Waals surface area contributed by atoms with Crippen molar-refractivity contribution < 1.29 is 8.42 Å². The highest BCUT2D eigenvalue weighted by atomic mass is 32.2. The maximum atomic E-state index is 11.0. The fraction of sp³-hybridized carbons (Fsp3) is 0.714. The fourth-order valence-electron chi connectivity index (χ4n) is 1.12. The third-order valence-electron chi connectivity index (χ3n) is 2.13. The molecule has 0 heterocycles. The van der Waals surface area contributed by atoms with E-state index in [0.29, 0.717) is 12.8 Å². The minimum atomic E-state index is -3.01. The molecule has 0 bridgehead atoms. The van der Waals surface area contributed by atoms with Gasteiger partial charge in [0, 0.05) is 6.26 Å². The van der Waals surface area contributed by atoms with E-state index in [-0.39, 0.29) is 0 Å². The van der Waals surface area contributed by atoms with Crippen LogP contribution in [0.15, 0.2) is 0 Å². The molecular weight excluding hydrogens is 148 g/mol. The molecule has 0 aliphatic heterocycles. The summed E-state index contributed by atoms with van der Waals surface area (Å²) in [4.78, 5) is 0. The number of sulfone groups is 1. The molecule has 10 heavy (non-hydrogen) atoms. The van der Waals surface area contributed by atoms with E-state index in [1.807, 2.05) is 0 Å².